The number of azide groups is 1. The zero-order chi connectivity index (χ0) is 19.4. The van der Waals surface area contributed by atoms with Crippen molar-refractivity contribution < 1.29 is 34.4 Å². The molecule has 140 valence electrons. The van der Waals surface area contributed by atoms with E-state index in [0.29, 0.717) is 5.69 Å². The van der Waals surface area contributed by atoms with Crippen molar-refractivity contribution in [1.29, 1.82) is 0 Å². The van der Waals surface area contributed by atoms with Crippen LogP contribution in [-0.4, -0.2) is 72.0 Å². The minimum absolute atomic E-state index is 0.285. The SMILES string of the molecule is COC(=O)c1ccc(N(C)C(=O)[C@H]2O[C@@H](N=[N+]=[N-])[C@H](O)[C@@H](O)[C@@H]2O)cc1. The Morgan fingerprint density at radius 2 is 1.81 bits per heavy atom. The van der Waals surface area contributed by atoms with E-state index in [9.17, 15) is 24.9 Å². The van der Waals surface area contributed by atoms with E-state index in [0.717, 1.165) is 4.90 Å². The van der Waals surface area contributed by atoms with E-state index in [1.165, 1.54) is 38.4 Å². The van der Waals surface area contributed by atoms with Gasteiger partial charge in [-0.05, 0) is 29.8 Å². The van der Waals surface area contributed by atoms with Gasteiger partial charge in [0.25, 0.3) is 5.91 Å². The molecule has 1 saturated heterocycles. The molecule has 1 aliphatic rings. The lowest BCUT2D eigenvalue weighted by molar-refractivity contribution is -0.217. The molecule has 1 aliphatic heterocycles. The fourth-order valence-electron chi connectivity index (χ4n) is 2.47. The molecular weight excluding hydrogens is 348 g/mol. The number of amides is 1. The van der Waals surface area contributed by atoms with Crippen molar-refractivity contribution in [2.75, 3.05) is 19.1 Å². The van der Waals surface area contributed by atoms with Crippen LogP contribution in [0.3, 0.4) is 0 Å². The highest BCUT2D eigenvalue weighted by Crippen LogP contribution is 2.25. The van der Waals surface area contributed by atoms with Crippen LogP contribution < -0.4 is 4.90 Å². The normalized spacial score (nSPS) is 28.0. The summed E-state index contributed by atoms with van der Waals surface area (Å²) >= 11 is 0. The largest absolute Gasteiger partial charge is 0.465 e. The lowest BCUT2D eigenvalue weighted by atomic mass is 9.97. The molecule has 11 nitrogen and oxygen atoms in total. The van der Waals surface area contributed by atoms with Crippen LogP contribution in [0.5, 0.6) is 0 Å². The van der Waals surface area contributed by atoms with Gasteiger partial charge in [-0.25, -0.2) is 4.79 Å². The van der Waals surface area contributed by atoms with Gasteiger partial charge in [-0.2, -0.15) is 0 Å². The molecule has 1 fully saturated rings. The zero-order valence-corrected chi connectivity index (χ0v) is 14.0. The first-order valence-electron chi connectivity index (χ1n) is 7.51. The zero-order valence-electron chi connectivity index (χ0n) is 14.0. The molecule has 1 aromatic carbocycles. The van der Waals surface area contributed by atoms with Gasteiger partial charge in [0.05, 0.1) is 12.7 Å². The predicted molar refractivity (Wildman–Crippen MR) is 87.0 cm³/mol. The van der Waals surface area contributed by atoms with E-state index in [4.69, 9.17) is 10.3 Å². The van der Waals surface area contributed by atoms with Crippen molar-refractivity contribution in [2.24, 2.45) is 5.11 Å². The number of nitrogens with zero attached hydrogens (tertiary/aromatic N) is 4. The molecule has 0 spiro atoms. The molecule has 0 saturated carbocycles. The van der Waals surface area contributed by atoms with E-state index >= 15 is 0 Å². The fraction of sp³-hybridized carbons (Fsp3) is 0.467. The van der Waals surface area contributed by atoms with Crippen LogP contribution in [0.2, 0.25) is 0 Å². The third-order valence-electron chi connectivity index (χ3n) is 4.00. The topological polar surface area (TPSA) is 165 Å². The summed E-state index contributed by atoms with van der Waals surface area (Å²) in [6.07, 6.45) is -8.21. The van der Waals surface area contributed by atoms with Gasteiger partial charge >= 0.3 is 5.97 Å². The molecule has 2 rings (SSSR count). The summed E-state index contributed by atoms with van der Waals surface area (Å²) in [6.45, 7) is 0. The molecule has 1 heterocycles. The average Bonchev–Trinajstić information content (AvgIpc) is 2.66. The smallest absolute Gasteiger partial charge is 0.337 e. The first-order chi connectivity index (χ1) is 12.3. The Labute approximate surface area is 148 Å². The Balaban J connectivity index is 2.20. The van der Waals surface area contributed by atoms with Gasteiger partial charge in [-0.1, -0.05) is 5.11 Å². The number of hydrogen-bond acceptors (Lipinski definition) is 8. The summed E-state index contributed by atoms with van der Waals surface area (Å²) in [5, 5.41) is 32.8. The van der Waals surface area contributed by atoms with E-state index in [1.54, 1.807) is 0 Å². The van der Waals surface area contributed by atoms with E-state index in [-0.39, 0.29) is 5.56 Å². The summed E-state index contributed by atoms with van der Waals surface area (Å²) < 4.78 is 9.75. The van der Waals surface area contributed by atoms with Crippen LogP contribution in [0.4, 0.5) is 5.69 Å². The average molecular weight is 366 g/mol. The molecular formula is C15H18N4O7. The summed E-state index contributed by atoms with van der Waals surface area (Å²) in [7, 11) is 2.64. The molecule has 0 bridgehead atoms. The van der Waals surface area contributed by atoms with Crippen LogP contribution in [0, 0.1) is 0 Å². The Hall–Kier alpha value is -2.69. The molecule has 11 heteroatoms. The Morgan fingerprint density at radius 1 is 1.19 bits per heavy atom. The highest BCUT2D eigenvalue weighted by Gasteiger charge is 2.47. The first-order valence-corrected chi connectivity index (χ1v) is 7.51. The highest BCUT2D eigenvalue weighted by atomic mass is 16.6. The van der Waals surface area contributed by atoms with Gasteiger partial charge in [0.2, 0.25) is 0 Å². The maximum absolute atomic E-state index is 12.6. The van der Waals surface area contributed by atoms with E-state index in [2.05, 4.69) is 14.8 Å². The maximum atomic E-state index is 12.6. The number of carbonyl (C=O) groups excluding carboxylic acids is 2. The molecule has 0 aromatic heterocycles. The number of aliphatic hydroxyl groups excluding tert-OH is 3. The monoisotopic (exact) mass is 366 g/mol. The van der Waals surface area contributed by atoms with Crippen LogP contribution in [0.1, 0.15) is 10.4 Å². The highest BCUT2D eigenvalue weighted by molar-refractivity contribution is 5.97. The molecule has 0 unspecified atom stereocenters. The number of anilines is 1. The van der Waals surface area contributed by atoms with Gasteiger partial charge < -0.3 is 29.7 Å². The quantitative estimate of drug-likeness (QED) is 0.281. The number of methoxy groups -OCH3 is 1. The third-order valence-corrected chi connectivity index (χ3v) is 4.00. The molecule has 0 radical (unpaired) electrons. The molecule has 1 amide bonds. The van der Waals surface area contributed by atoms with Gasteiger partial charge in [-0.15, -0.1) is 0 Å². The summed E-state index contributed by atoms with van der Waals surface area (Å²) in [5.74, 6) is -1.28. The second-order valence-electron chi connectivity index (χ2n) is 5.56. The molecule has 1 aromatic rings. The number of aliphatic hydroxyl groups is 3. The molecule has 0 aliphatic carbocycles. The second-order valence-corrected chi connectivity index (χ2v) is 5.56. The van der Waals surface area contributed by atoms with Crippen molar-refractivity contribution in [3.05, 3.63) is 40.3 Å². The van der Waals surface area contributed by atoms with Crippen molar-refractivity contribution >= 4 is 17.6 Å². The van der Waals surface area contributed by atoms with Gasteiger partial charge in [0.1, 0.15) is 18.3 Å². The summed E-state index contributed by atoms with van der Waals surface area (Å²) in [5.41, 5.74) is 9.14. The predicted octanol–water partition coefficient (Wildman–Crippen LogP) is -0.446. The minimum Gasteiger partial charge on any atom is -0.465 e. The first kappa shape index (κ1) is 19.6. The lowest BCUT2D eigenvalue weighted by Crippen LogP contribution is -2.61. The number of benzene rings is 1. The molecule has 26 heavy (non-hydrogen) atoms. The number of carbonyl (C=O) groups is 2. The standard InChI is InChI=1S/C15H18N4O7/c1-19(8-5-3-7(4-6-8)15(24)25-2)14(23)12-10(21)9(20)11(22)13(26-12)17-18-16/h3-6,9-13,20-22H,1-2H3/t9-,10-,11+,12-,13+/m0/s1. The van der Waals surface area contributed by atoms with Crippen LogP contribution in [-0.2, 0) is 14.3 Å². The van der Waals surface area contributed by atoms with Crippen LogP contribution in [0.25, 0.3) is 10.4 Å². The maximum Gasteiger partial charge on any atom is 0.337 e. The lowest BCUT2D eigenvalue weighted by Gasteiger charge is -2.39. The van der Waals surface area contributed by atoms with Crippen LogP contribution >= 0.6 is 0 Å². The van der Waals surface area contributed by atoms with Crippen LogP contribution in [0.15, 0.2) is 29.4 Å². The molecule has 5 atom stereocenters. The van der Waals surface area contributed by atoms with Gasteiger partial charge in [0, 0.05) is 17.6 Å². The Morgan fingerprint density at radius 3 is 2.35 bits per heavy atom. The van der Waals surface area contributed by atoms with Crippen molar-refractivity contribution in [2.45, 2.75) is 30.6 Å². The van der Waals surface area contributed by atoms with Crippen molar-refractivity contribution in [3.63, 3.8) is 0 Å². The number of hydrogen-bond donors (Lipinski definition) is 3. The number of rotatable bonds is 4. The Kier molecular flexibility index (Phi) is 6.14. The van der Waals surface area contributed by atoms with Gasteiger partial charge in [0.15, 0.2) is 12.3 Å². The number of likely N-dealkylation sites (N-methyl/N-ethyl adjacent to an activating group) is 1. The fourth-order valence-corrected chi connectivity index (χ4v) is 2.47. The second kappa shape index (κ2) is 8.13. The van der Waals surface area contributed by atoms with Crippen molar-refractivity contribution in [1.82, 2.24) is 0 Å². The van der Waals surface area contributed by atoms with E-state index in [1.807, 2.05) is 0 Å². The summed E-state index contributed by atoms with van der Waals surface area (Å²) in [4.78, 5) is 27.7. The molecule has 3 N–H and O–H groups in total. The summed E-state index contributed by atoms with van der Waals surface area (Å²) in [6, 6.07) is 5.86. The number of ether oxygens (including phenoxy) is 2. The van der Waals surface area contributed by atoms with Crippen molar-refractivity contribution in [3.8, 4) is 0 Å². The van der Waals surface area contributed by atoms with E-state index < -0.39 is 42.5 Å². The minimum atomic E-state index is -1.73. The van der Waals surface area contributed by atoms with Gasteiger partial charge in [-0.3, -0.25) is 4.79 Å². The number of esters is 1. The third kappa shape index (κ3) is 3.77. The Bertz CT molecular complexity index is 719.